The number of fused-ring (bicyclic) bond motifs is 2. The van der Waals surface area contributed by atoms with Crippen LogP contribution in [0.4, 0.5) is 5.82 Å². The van der Waals surface area contributed by atoms with Gasteiger partial charge in [0.1, 0.15) is 18.7 Å². The van der Waals surface area contributed by atoms with E-state index in [1.807, 2.05) is 18.2 Å². The predicted molar refractivity (Wildman–Crippen MR) is 127 cm³/mol. The number of morpholine rings is 1. The van der Waals surface area contributed by atoms with Gasteiger partial charge in [0.2, 0.25) is 5.91 Å². The summed E-state index contributed by atoms with van der Waals surface area (Å²) in [5.41, 5.74) is 1.51. The number of aromatic nitrogens is 5. The summed E-state index contributed by atoms with van der Waals surface area (Å²) in [7, 11) is 0. The number of carbonyl (C=O) groups excluding carboxylic acids is 1. The van der Waals surface area contributed by atoms with Crippen molar-refractivity contribution in [1.29, 1.82) is 0 Å². The normalized spacial score (nSPS) is 18.8. The standard InChI is InChI=1S/C22H25N7O3S/c1-14-10-27(11-15(2)32-14)20-17-9-26-28(21(17)25-13-24-20)8-7-23-19(30)12-29-18-6-4-3-5-16(18)22(31)33-29/h3-6,9,13-15H,7-8,10-12H2,1-2H3,(H,23,30). The van der Waals surface area contributed by atoms with Crippen LogP contribution in [0.5, 0.6) is 0 Å². The van der Waals surface area contributed by atoms with E-state index in [0.29, 0.717) is 18.5 Å². The molecule has 1 fully saturated rings. The van der Waals surface area contributed by atoms with E-state index < -0.39 is 0 Å². The zero-order chi connectivity index (χ0) is 22.9. The second-order valence-electron chi connectivity index (χ2n) is 8.25. The van der Waals surface area contributed by atoms with Gasteiger partial charge in [-0.3, -0.25) is 13.5 Å². The van der Waals surface area contributed by atoms with Crippen molar-refractivity contribution in [3.05, 3.63) is 46.3 Å². The first-order chi connectivity index (χ1) is 16.0. The van der Waals surface area contributed by atoms with Crippen molar-refractivity contribution in [1.82, 2.24) is 29.0 Å². The number of hydrogen-bond donors (Lipinski definition) is 1. The number of anilines is 1. The lowest BCUT2D eigenvalue weighted by Gasteiger charge is -2.36. The van der Waals surface area contributed by atoms with Gasteiger partial charge in [0.15, 0.2) is 5.65 Å². The number of amides is 1. The van der Waals surface area contributed by atoms with Crippen LogP contribution in [-0.2, 0) is 22.6 Å². The van der Waals surface area contributed by atoms with Crippen molar-refractivity contribution in [2.75, 3.05) is 24.5 Å². The van der Waals surface area contributed by atoms with Gasteiger partial charge in [-0.15, -0.1) is 0 Å². The van der Waals surface area contributed by atoms with Crippen molar-refractivity contribution >= 4 is 45.2 Å². The highest BCUT2D eigenvalue weighted by molar-refractivity contribution is 7.05. The van der Waals surface area contributed by atoms with Crippen LogP contribution in [0.15, 0.2) is 41.6 Å². The first-order valence-corrected chi connectivity index (χ1v) is 11.7. The summed E-state index contributed by atoms with van der Waals surface area (Å²) in [4.78, 5) is 35.7. The van der Waals surface area contributed by atoms with Gasteiger partial charge >= 0.3 is 0 Å². The smallest absolute Gasteiger partial charge is 0.257 e. The van der Waals surface area contributed by atoms with E-state index in [0.717, 1.165) is 47.0 Å². The molecular weight excluding hydrogens is 442 g/mol. The second kappa shape index (κ2) is 8.91. The first kappa shape index (κ1) is 21.5. The molecule has 1 aliphatic heterocycles. The molecule has 0 spiro atoms. The average Bonchev–Trinajstić information content (AvgIpc) is 3.34. The van der Waals surface area contributed by atoms with Crippen molar-refractivity contribution in [2.45, 2.75) is 39.1 Å². The zero-order valence-electron chi connectivity index (χ0n) is 18.5. The van der Waals surface area contributed by atoms with Crippen LogP contribution in [0.2, 0.25) is 0 Å². The quantitative estimate of drug-likeness (QED) is 0.459. The van der Waals surface area contributed by atoms with Gasteiger partial charge in [-0.25, -0.2) is 14.6 Å². The maximum Gasteiger partial charge on any atom is 0.257 e. The lowest BCUT2D eigenvalue weighted by atomic mass is 10.2. The first-order valence-electron chi connectivity index (χ1n) is 10.9. The van der Waals surface area contributed by atoms with Crippen LogP contribution in [-0.4, -0.2) is 61.5 Å². The molecule has 11 heteroatoms. The van der Waals surface area contributed by atoms with E-state index in [1.165, 1.54) is 0 Å². The Balaban J connectivity index is 1.25. The Kier molecular flexibility index (Phi) is 5.81. The summed E-state index contributed by atoms with van der Waals surface area (Å²) in [6, 6.07) is 7.31. The predicted octanol–water partition coefficient (Wildman–Crippen LogP) is 1.63. The van der Waals surface area contributed by atoms with E-state index in [-0.39, 0.29) is 29.4 Å². The van der Waals surface area contributed by atoms with Crippen LogP contribution in [0.25, 0.3) is 21.9 Å². The molecule has 33 heavy (non-hydrogen) atoms. The highest BCUT2D eigenvalue weighted by atomic mass is 32.1. The molecule has 0 saturated carbocycles. The van der Waals surface area contributed by atoms with Crippen LogP contribution in [0.3, 0.4) is 0 Å². The maximum absolute atomic E-state index is 12.5. The Bertz CT molecular complexity index is 1350. The minimum atomic E-state index is -0.157. The molecule has 3 aromatic heterocycles. The fraction of sp³-hybridized carbons (Fsp3) is 0.409. The molecule has 1 amide bonds. The number of ether oxygens (including phenoxy) is 1. The molecule has 2 unspecified atom stereocenters. The summed E-state index contributed by atoms with van der Waals surface area (Å²) in [5, 5.41) is 8.91. The number of benzene rings is 1. The number of nitrogens with one attached hydrogen (secondary N) is 1. The Labute approximate surface area is 193 Å². The number of para-hydroxylation sites is 1. The van der Waals surface area contributed by atoms with Gasteiger partial charge in [0, 0.05) is 19.6 Å². The third kappa shape index (κ3) is 4.33. The zero-order valence-corrected chi connectivity index (χ0v) is 19.3. The maximum atomic E-state index is 12.5. The molecular formula is C22H25N7O3S. The fourth-order valence-corrected chi connectivity index (χ4v) is 5.22. The molecule has 4 heterocycles. The van der Waals surface area contributed by atoms with Gasteiger partial charge in [-0.1, -0.05) is 12.1 Å². The number of carbonyl (C=O) groups is 1. The van der Waals surface area contributed by atoms with Gasteiger partial charge in [0.05, 0.1) is 41.2 Å². The van der Waals surface area contributed by atoms with Crippen molar-refractivity contribution < 1.29 is 9.53 Å². The van der Waals surface area contributed by atoms with Crippen molar-refractivity contribution in [3.8, 4) is 0 Å². The molecule has 5 rings (SSSR count). The largest absolute Gasteiger partial charge is 0.372 e. The van der Waals surface area contributed by atoms with Crippen LogP contribution in [0.1, 0.15) is 13.8 Å². The molecule has 1 N–H and O–H groups in total. The molecule has 1 aromatic carbocycles. The SMILES string of the molecule is CC1CN(c2ncnc3c2cnn3CCNC(=O)Cn2sc(=O)c3ccccc32)CC(C)O1. The van der Waals surface area contributed by atoms with Crippen molar-refractivity contribution in [2.24, 2.45) is 0 Å². The molecule has 172 valence electrons. The third-order valence-electron chi connectivity index (χ3n) is 5.65. The molecule has 0 radical (unpaired) electrons. The van der Waals surface area contributed by atoms with E-state index in [1.54, 1.807) is 27.2 Å². The van der Waals surface area contributed by atoms with Gasteiger partial charge in [0.25, 0.3) is 4.74 Å². The summed E-state index contributed by atoms with van der Waals surface area (Å²) in [6.07, 6.45) is 3.58. The molecule has 1 saturated heterocycles. The lowest BCUT2D eigenvalue weighted by Crippen LogP contribution is -2.45. The van der Waals surface area contributed by atoms with E-state index in [2.05, 4.69) is 39.1 Å². The summed E-state index contributed by atoms with van der Waals surface area (Å²) in [5.74, 6) is 0.696. The second-order valence-corrected chi connectivity index (χ2v) is 9.24. The summed E-state index contributed by atoms with van der Waals surface area (Å²) in [6.45, 7) is 6.62. The molecule has 0 aliphatic carbocycles. The summed E-state index contributed by atoms with van der Waals surface area (Å²) < 4.78 is 9.29. The molecule has 10 nitrogen and oxygen atoms in total. The highest BCUT2D eigenvalue weighted by Crippen LogP contribution is 2.25. The minimum absolute atomic E-state index is 0.0408. The van der Waals surface area contributed by atoms with Gasteiger partial charge in [-0.05, 0) is 37.5 Å². The molecule has 0 bridgehead atoms. The van der Waals surface area contributed by atoms with Crippen LogP contribution >= 0.6 is 11.5 Å². The molecule has 1 aliphatic rings. The average molecular weight is 468 g/mol. The van der Waals surface area contributed by atoms with E-state index in [4.69, 9.17) is 4.74 Å². The van der Waals surface area contributed by atoms with Crippen LogP contribution < -0.4 is 15.0 Å². The molecule has 4 aromatic rings. The Morgan fingerprint density at radius 2 is 1.97 bits per heavy atom. The minimum Gasteiger partial charge on any atom is -0.372 e. The number of hydrogen-bond acceptors (Lipinski definition) is 8. The monoisotopic (exact) mass is 467 g/mol. The van der Waals surface area contributed by atoms with Crippen molar-refractivity contribution in [3.63, 3.8) is 0 Å². The van der Waals surface area contributed by atoms with Gasteiger partial charge in [-0.2, -0.15) is 5.10 Å². The summed E-state index contributed by atoms with van der Waals surface area (Å²) >= 11 is 1.06. The van der Waals surface area contributed by atoms with E-state index >= 15 is 0 Å². The Hall–Kier alpha value is -3.31. The number of nitrogens with zero attached hydrogens (tertiary/aromatic N) is 6. The fourth-order valence-electron chi connectivity index (χ4n) is 4.31. The topological polar surface area (TPSA) is 107 Å². The third-order valence-corrected chi connectivity index (χ3v) is 6.58. The van der Waals surface area contributed by atoms with Gasteiger partial charge < -0.3 is 15.0 Å². The lowest BCUT2D eigenvalue weighted by molar-refractivity contribution is -0.121. The van der Waals surface area contributed by atoms with E-state index in [9.17, 15) is 9.59 Å². The Morgan fingerprint density at radius 3 is 2.79 bits per heavy atom. The highest BCUT2D eigenvalue weighted by Gasteiger charge is 2.25. The Morgan fingerprint density at radius 1 is 1.18 bits per heavy atom. The van der Waals surface area contributed by atoms with Crippen LogP contribution in [0, 0.1) is 0 Å². The number of rotatable bonds is 6. The molecule has 2 atom stereocenters.